The van der Waals surface area contributed by atoms with Crippen LogP contribution in [0.2, 0.25) is 0 Å². The van der Waals surface area contributed by atoms with Crippen molar-refractivity contribution in [1.82, 2.24) is 10.4 Å². The molecule has 1 heterocycles. The Balaban J connectivity index is 2.25. The van der Waals surface area contributed by atoms with Crippen LogP contribution in [0.5, 0.6) is 0 Å². The Morgan fingerprint density at radius 2 is 2.62 bits per heavy atom. The van der Waals surface area contributed by atoms with Crippen molar-refractivity contribution in [2.45, 2.75) is 6.42 Å². The smallest absolute Gasteiger partial charge is 0.225 e. The van der Waals surface area contributed by atoms with Gasteiger partial charge in [0.15, 0.2) is 0 Å². The van der Waals surface area contributed by atoms with Crippen molar-refractivity contribution in [3.05, 3.63) is 12.3 Å². The summed E-state index contributed by atoms with van der Waals surface area (Å²) < 4.78 is 0. The third-order valence-electron chi connectivity index (χ3n) is 1.04. The van der Waals surface area contributed by atoms with Gasteiger partial charge in [-0.05, 0) is 6.42 Å². The monoisotopic (exact) mass is 112 g/mol. The summed E-state index contributed by atoms with van der Waals surface area (Å²) in [7, 11) is 0. The summed E-state index contributed by atoms with van der Waals surface area (Å²) in [6.07, 6.45) is 5.57. The van der Waals surface area contributed by atoms with E-state index in [9.17, 15) is 4.79 Å². The van der Waals surface area contributed by atoms with E-state index in [0.29, 0.717) is 6.41 Å². The SMILES string of the molecule is O=CNN1C=CCC1. The topological polar surface area (TPSA) is 32.3 Å². The van der Waals surface area contributed by atoms with Gasteiger partial charge in [-0.25, -0.2) is 0 Å². The summed E-state index contributed by atoms with van der Waals surface area (Å²) in [4.78, 5) is 9.77. The van der Waals surface area contributed by atoms with Gasteiger partial charge < -0.3 is 0 Å². The van der Waals surface area contributed by atoms with Crippen molar-refractivity contribution in [2.75, 3.05) is 6.54 Å². The van der Waals surface area contributed by atoms with E-state index in [-0.39, 0.29) is 0 Å². The van der Waals surface area contributed by atoms with Crippen LogP contribution in [0.15, 0.2) is 12.3 Å². The second-order valence-corrected chi connectivity index (χ2v) is 1.61. The normalized spacial score (nSPS) is 16.8. The number of amides is 1. The maximum absolute atomic E-state index is 9.77. The third-order valence-corrected chi connectivity index (χ3v) is 1.04. The van der Waals surface area contributed by atoms with Gasteiger partial charge in [0.05, 0.1) is 0 Å². The lowest BCUT2D eigenvalue weighted by Gasteiger charge is -2.10. The lowest BCUT2D eigenvalue weighted by atomic mass is 10.5. The zero-order chi connectivity index (χ0) is 5.82. The molecule has 0 atom stereocenters. The van der Waals surface area contributed by atoms with Crippen LogP contribution in [-0.2, 0) is 4.79 Å². The van der Waals surface area contributed by atoms with Crippen LogP contribution < -0.4 is 5.43 Å². The fourth-order valence-electron chi connectivity index (χ4n) is 0.665. The van der Waals surface area contributed by atoms with Crippen molar-refractivity contribution in [3.63, 3.8) is 0 Å². The van der Waals surface area contributed by atoms with E-state index in [1.165, 1.54) is 0 Å². The molecule has 0 bridgehead atoms. The average molecular weight is 112 g/mol. The Bertz CT molecular complexity index is 111. The Hall–Kier alpha value is -0.990. The lowest BCUT2D eigenvalue weighted by molar-refractivity contribution is -0.112. The van der Waals surface area contributed by atoms with Gasteiger partial charge in [-0.1, -0.05) is 6.08 Å². The highest BCUT2D eigenvalue weighted by atomic mass is 16.1. The number of carbonyl (C=O) groups excluding carboxylic acids is 1. The third kappa shape index (κ3) is 0.992. The number of nitrogens with one attached hydrogen (secondary N) is 1. The Morgan fingerprint density at radius 1 is 1.75 bits per heavy atom. The van der Waals surface area contributed by atoms with Crippen LogP contribution in [0.25, 0.3) is 0 Å². The Kier molecular flexibility index (Phi) is 1.51. The lowest BCUT2D eigenvalue weighted by Crippen LogP contribution is -2.30. The van der Waals surface area contributed by atoms with E-state index in [0.717, 1.165) is 13.0 Å². The van der Waals surface area contributed by atoms with Crippen molar-refractivity contribution in [3.8, 4) is 0 Å². The Morgan fingerprint density at radius 3 is 3.12 bits per heavy atom. The molecule has 44 valence electrons. The number of nitrogens with zero attached hydrogens (tertiary/aromatic N) is 1. The van der Waals surface area contributed by atoms with E-state index < -0.39 is 0 Å². The molecule has 1 aliphatic rings. The standard InChI is InChI=1S/C5H8N2O/c8-5-6-7-3-1-2-4-7/h1,3,5H,2,4H2,(H,6,8). The van der Waals surface area contributed by atoms with E-state index >= 15 is 0 Å². The van der Waals surface area contributed by atoms with Crippen molar-refractivity contribution < 1.29 is 4.79 Å². The van der Waals surface area contributed by atoms with Crippen molar-refractivity contribution >= 4 is 6.41 Å². The van der Waals surface area contributed by atoms with Gasteiger partial charge in [-0.3, -0.25) is 15.2 Å². The summed E-state index contributed by atoms with van der Waals surface area (Å²) in [5.41, 5.74) is 2.51. The highest BCUT2D eigenvalue weighted by Gasteiger charge is 1.99. The maximum Gasteiger partial charge on any atom is 0.225 e. The van der Waals surface area contributed by atoms with Gasteiger partial charge in [-0.15, -0.1) is 0 Å². The molecule has 0 fully saturated rings. The minimum absolute atomic E-state index is 0.676. The zero-order valence-corrected chi connectivity index (χ0v) is 4.50. The first-order valence-electron chi connectivity index (χ1n) is 2.56. The molecule has 0 aromatic heterocycles. The number of hydrogen-bond donors (Lipinski definition) is 1. The second kappa shape index (κ2) is 2.35. The van der Waals surface area contributed by atoms with Gasteiger partial charge >= 0.3 is 0 Å². The second-order valence-electron chi connectivity index (χ2n) is 1.61. The molecule has 1 N–H and O–H groups in total. The molecule has 0 radical (unpaired) electrons. The predicted octanol–water partition coefficient (Wildman–Crippen LogP) is -0.133. The quantitative estimate of drug-likeness (QED) is 0.504. The molecule has 0 spiro atoms. The Labute approximate surface area is 47.9 Å². The average Bonchev–Trinajstić information content (AvgIpc) is 2.19. The minimum atomic E-state index is 0.676. The van der Waals surface area contributed by atoms with Crippen LogP contribution in [0.1, 0.15) is 6.42 Å². The van der Waals surface area contributed by atoms with Gasteiger partial charge in [0.2, 0.25) is 6.41 Å². The molecule has 1 aliphatic heterocycles. The molecule has 3 heteroatoms. The summed E-state index contributed by atoms with van der Waals surface area (Å²) in [5.74, 6) is 0. The van der Waals surface area contributed by atoms with Crippen molar-refractivity contribution in [2.24, 2.45) is 0 Å². The van der Waals surface area contributed by atoms with E-state index in [2.05, 4.69) is 5.43 Å². The maximum atomic E-state index is 9.77. The first-order chi connectivity index (χ1) is 3.93. The summed E-state index contributed by atoms with van der Waals surface area (Å²) in [6, 6.07) is 0. The van der Waals surface area contributed by atoms with Crippen LogP contribution in [0.4, 0.5) is 0 Å². The summed E-state index contributed by atoms with van der Waals surface area (Å²) in [5, 5.41) is 1.74. The highest BCUT2D eigenvalue weighted by molar-refractivity contribution is 5.45. The van der Waals surface area contributed by atoms with Gasteiger partial charge in [0.1, 0.15) is 0 Å². The van der Waals surface area contributed by atoms with Gasteiger partial charge in [0.25, 0.3) is 0 Å². The molecular weight excluding hydrogens is 104 g/mol. The molecule has 0 saturated carbocycles. The molecule has 3 nitrogen and oxygen atoms in total. The largest absolute Gasteiger partial charge is 0.293 e. The number of rotatable bonds is 2. The van der Waals surface area contributed by atoms with Crippen LogP contribution in [-0.4, -0.2) is 18.0 Å². The minimum Gasteiger partial charge on any atom is -0.293 e. The van der Waals surface area contributed by atoms with Crippen LogP contribution in [0, 0.1) is 0 Å². The molecule has 0 saturated heterocycles. The molecule has 0 aromatic rings. The van der Waals surface area contributed by atoms with E-state index in [1.54, 1.807) is 5.01 Å². The molecule has 0 unspecified atom stereocenters. The first-order valence-corrected chi connectivity index (χ1v) is 2.56. The fraction of sp³-hybridized carbons (Fsp3) is 0.400. The number of hydrazine groups is 1. The zero-order valence-electron chi connectivity index (χ0n) is 4.50. The van der Waals surface area contributed by atoms with Gasteiger partial charge in [0, 0.05) is 12.7 Å². The number of hydrogen-bond acceptors (Lipinski definition) is 2. The molecule has 1 amide bonds. The summed E-state index contributed by atoms with van der Waals surface area (Å²) >= 11 is 0. The van der Waals surface area contributed by atoms with Crippen LogP contribution >= 0.6 is 0 Å². The molecule has 0 aliphatic carbocycles. The first kappa shape index (κ1) is 5.15. The van der Waals surface area contributed by atoms with Gasteiger partial charge in [-0.2, -0.15) is 0 Å². The summed E-state index contributed by atoms with van der Waals surface area (Å²) in [6.45, 7) is 0.902. The van der Waals surface area contributed by atoms with E-state index in [1.807, 2.05) is 12.3 Å². The molecule has 8 heavy (non-hydrogen) atoms. The van der Waals surface area contributed by atoms with E-state index in [4.69, 9.17) is 0 Å². The predicted molar refractivity (Wildman–Crippen MR) is 29.7 cm³/mol. The highest BCUT2D eigenvalue weighted by Crippen LogP contribution is 1.97. The molecular formula is C5H8N2O. The molecule has 1 rings (SSSR count). The number of carbonyl (C=O) groups is 1. The molecule has 0 aromatic carbocycles. The fourth-order valence-corrected chi connectivity index (χ4v) is 0.665. The van der Waals surface area contributed by atoms with Crippen LogP contribution in [0.3, 0.4) is 0 Å². The van der Waals surface area contributed by atoms with Crippen molar-refractivity contribution in [1.29, 1.82) is 0 Å².